The van der Waals surface area contributed by atoms with Gasteiger partial charge in [0.1, 0.15) is 5.75 Å². The Bertz CT molecular complexity index is 669. The minimum Gasteiger partial charge on any atom is -0.426 e. The largest absolute Gasteiger partial charge is 0.426 e. The van der Waals surface area contributed by atoms with E-state index >= 15 is 0 Å². The molecule has 2 fully saturated rings. The molecule has 2 aliphatic rings. The van der Waals surface area contributed by atoms with Crippen molar-refractivity contribution >= 4 is 11.7 Å². The number of unbranched alkanes of at least 4 members (excludes halogenated alkanes) is 2. The normalized spacial score (nSPS) is 25.8. The quantitative estimate of drug-likeness (QED) is 0.234. The number of anilines is 1. The number of alkyl halides is 4. The number of carbonyl (C=O) groups is 1. The highest BCUT2D eigenvalue weighted by atomic mass is 19.3. The second-order valence-electron chi connectivity index (χ2n) is 8.39. The second-order valence-corrected chi connectivity index (χ2v) is 8.39. The van der Waals surface area contributed by atoms with Crippen LogP contribution in [0.3, 0.4) is 0 Å². The highest BCUT2D eigenvalue weighted by Crippen LogP contribution is 2.42. The lowest BCUT2D eigenvalue weighted by molar-refractivity contribution is -0.172. The summed E-state index contributed by atoms with van der Waals surface area (Å²) < 4.78 is 58.9. The Morgan fingerprint density at radius 2 is 1.59 bits per heavy atom. The zero-order valence-electron chi connectivity index (χ0n) is 16.8. The zero-order valence-corrected chi connectivity index (χ0v) is 16.8. The lowest BCUT2D eigenvalue weighted by atomic mass is 9.80. The molecule has 0 aromatic heterocycles. The van der Waals surface area contributed by atoms with Crippen LogP contribution in [0.5, 0.6) is 5.75 Å². The first-order valence-electron chi connectivity index (χ1n) is 10.5. The van der Waals surface area contributed by atoms with E-state index in [9.17, 15) is 22.4 Å². The Labute approximate surface area is 169 Å². The van der Waals surface area contributed by atoms with Crippen LogP contribution in [0.4, 0.5) is 23.2 Å². The van der Waals surface area contributed by atoms with Crippen LogP contribution in [0.1, 0.15) is 58.3 Å². The molecule has 0 radical (unpaired) electrons. The fourth-order valence-corrected chi connectivity index (χ4v) is 4.24. The summed E-state index contributed by atoms with van der Waals surface area (Å²) in [5, 5.41) is 0. The molecule has 162 valence electrons. The van der Waals surface area contributed by atoms with Gasteiger partial charge in [-0.05, 0) is 55.9 Å². The maximum Gasteiger partial charge on any atom is 0.329 e. The van der Waals surface area contributed by atoms with Gasteiger partial charge in [-0.15, -0.1) is 0 Å². The van der Waals surface area contributed by atoms with Crippen molar-refractivity contribution in [3.63, 3.8) is 0 Å². The van der Waals surface area contributed by atoms with Crippen LogP contribution >= 0.6 is 0 Å². The summed E-state index contributed by atoms with van der Waals surface area (Å²) in [6.45, 7) is 0.135. The summed E-state index contributed by atoms with van der Waals surface area (Å²) in [5.41, 5.74) is 0.259. The molecule has 1 aromatic carbocycles. The van der Waals surface area contributed by atoms with E-state index in [2.05, 4.69) is 6.92 Å². The Morgan fingerprint density at radius 3 is 2.14 bits per heavy atom. The second kappa shape index (κ2) is 8.92. The van der Waals surface area contributed by atoms with Crippen LogP contribution in [-0.2, 0) is 4.79 Å². The average molecular weight is 415 g/mol. The van der Waals surface area contributed by atoms with Crippen LogP contribution < -0.4 is 9.64 Å². The topological polar surface area (TPSA) is 29.5 Å². The highest BCUT2D eigenvalue weighted by Gasteiger charge is 2.62. The maximum atomic E-state index is 13.4. The summed E-state index contributed by atoms with van der Waals surface area (Å²) in [5.74, 6) is -7.48. The van der Waals surface area contributed by atoms with Crippen LogP contribution in [-0.4, -0.2) is 30.9 Å². The van der Waals surface area contributed by atoms with E-state index < -0.39 is 24.9 Å². The summed E-state index contributed by atoms with van der Waals surface area (Å²) in [6, 6.07) is 5.81. The lowest BCUT2D eigenvalue weighted by Gasteiger charge is -2.27. The number of carbonyl (C=O) groups excluding carboxylic acids is 1. The van der Waals surface area contributed by atoms with Crippen molar-refractivity contribution in [1.29, 1.82) is 0 Å². The lowest BCUT2D eigenvalue weighted by Crippen LogP contribution is -2.38. The minimum absolute atomic E-state index is 0.118. The summed E-state index contributed by atoms with van der Waals surface area (Å²) >= 11 is 0. The van der Waals surface area contributed by atoms with E-state index in [0.717, 1.165) is 30.6 Å². The van der Waals surface area contributed by atoms with Crippen LogP contribution in [0, 0.1) is 11.8 Å². The Hall–Kier alpha value is -1.79. The molecule has 1 heterocycles. The van der Waals surface area contributed by atoms with E-state index in [1.165, 1.54) is 49.9 Å². The number of rotatable bonds is 7. The van der Waals surface area contributed by atoms with Gasteiger partial charge in [0.05, 0.1) is 19.0 Å². The number of ether oxygens (including phenoxy) is 1. The number of esters is 1. The van der Waals surface area contributed by atoms with Crippen molar-refractivity contribution in [1.82, 2.24) is 0 Å². The number of hydrogen-bond acceptors (Lipinski definition) is 3. The molecule has 0 amide bonds. The van der Waals surface area contributed by atoms with Gasteiger partial charge in [0.15, 0.2) is 0 Å². The predicted molar refractivity (Wildman–Crippen MR) is 104 cm³/mol. The van der Waals surface area contributed by atoms with E-state index in [-0.39, 0.29) is 17.6 Å². The van der Waals surface area contributed by atoms with Gasteiger partial charge in [0, 0.05) is 5.69 Å². The number of nitrogens with zero attached hydrogens (tertiary/aromatic N) is 1. The smallest absolute Gasteiger partial charge is 0.329 e. The molecule has 29 heavy (non-hydrogen) atoms. The third-order valence-corrected chi connectivity index (χ3v) is 6.13. The van der Waals surface area contributed by atoms with E-state index in [4.69, 9.17) is 4.74 Å². The van der Waals surface area contributed by atoms with Crippen molar-refractivity contribution < 1.29 is 27.1 Å². The first-order valence-corrected chi connectivity index (χ1v) is 10.5. The molecule has 1 aliphatic heterocycles. The molecule has 0 spiro atoms. The zero-order chi connectivity index (χ0) is 21.1. The minimum atomic E-state index is -4.05. The van der Waals surface area contributed by atoms with E-state index in [0.29, 0.717) is 11.7 Å². The molecular formula is C22H29F4NO2. The van der Waals surface area contributed by atoms with Crippen molar-refractivity contribution in [2.75, 3.05) is 18.0 Å². The average Bonchev–Trinajstić information content (AvgIpc) is 2.90. The predicted octanol–water partition coefficient (Wildman–Crippen LogP) is 6.07. The van der Waals surface area contributed by atoms with Crippen molar-refractivity contribution in [3.8, 4) is 5.75 Å². The summed E-state index contributed by atoms with van der Waals surface area (Å²) in [4.78, 5) is 13.4. The SMILES string of the molecule is CCCCCC1CCC(C(=O)Oc2ccc(N3CC(F)(F)C(F)(F)C3)cc2)CC1. The monoisotopic (exact) mass is 415 g/mol. The summed E-state index contributed by atoms with van der Waals surface area (Å²) in [6.07, 6.45) is 8.67. The van der Waals surface area contributed by atoms with E-state index in [1.54, 1.807) is 0 Å². The summed E-state index contributed by atoms with van der Waals surface area (Å²) in [7, 11) is 0. The first-order chi connectivity index (χ1) is 13.7. The molecule has 0 N–H and O–H groups in total. The van der Waals surface area contributed by atoms with Gasteiger partial charge in [0.25, 0.3) is 0 Å². The van der Waals surface area contributed by atoms with Gasteiger partial charge in [-0.25, -0.2) is 0 Å². The van der Waals surface area contributed by atoms with Gasteiger partial charge in [-0.2, -0.15) is 17.6 Å². The Balaban J connectivity index is 1.49. The molecular weight excluding hydrogens is 386 g/mol. The van der Waals surface area contributed by atoms with Gasteiger partial charge in [-0.1, -0.05) is 32.6 Å². The number of halogens is 4. The molecule has 3 rings (SSSR count). The van der Waals surface area contributed by atoms with E-state index in [1.807, 2.05) is 0 Å². The Kier molecular flexibility index (Phi) is 6.74. The molecule has 1 aromatic rings. The molecule has 1 saturated carbocycles. The highest BCUT2D eigenvalue weighted by molar-refractivity contribution is 5.75. The molecule has 0 bridgehead atoms. The number of hydrogen-bond donors (Lipinski definition) is 0. The number of benzene rings is 1. The molecule has 0 atom stereocenters. The van der Waals surface area contributed by atoms with Gasteiger partial charge in [-0.3, -0.25) is 4.79 Å². The fraction of sp³-hybridized carbons (Fsp3) is 0.682. The van der Waals surface area contributed by atoms with Crippen molar-refractivity contribution in [2.24, 2.45) is 11.8 Å². The van der Waals surface area contributed by atoms with Crippen LogP contribution in [0.15, 0.2) is 24.3 Å². The standard InChI is InChI=1S/C22H29F4NO2/c1-2-3-4-5-16-6-8-17(9-7-16)20(28)29-19-12-10-18(11-13-19)27-14-21(23,24)22(25,26)15-27/h10-13,16-17H,2-9,14-15H2,1H3. The molecule has 3 nitrogen and oxygen atoms in total. The third kappa shape index (κ3) is 5.23. The molecule has 0 unspecified atom stereocenters. The van der Waals surface area contributed by atoms with Crippen LogP contribution in [0.2, 0.25) is 0 Å². The maximum absolute atomic E-state index is 13.4. The third-order valence-electron chi connectivity index (χ3n) is 6.13. The Morgan fingerprint density at radius 1 is 1.00 bits per heavy atom. The van der Waals surface area contributed by atoms with Crippen LogP contribution in [0.25, 0.3) is 0 Å². The first kappa shape index (κ1) is 21.9. The van der Waals surface area contributed by atoms with Crippen molar-refractivity contribution in [2.45, 2.75) is 70.1 Å². The van der Waals surface area contributed by atoms with Gasteiger partial charge < -0.3 is 9.64 Å². The van der Waals surface area contributed by atoms with Gasteiger partial charge in [0.2, 0.25) is 0 Å². The van der Waals surface area contributed by atoms with Gasteiger partial charge >= 0.3 is 17.8 Å². The molecule has 1 saturated heterocycles. The fourth-order valence-electron chi connectivity index (χ4n) is 4.24. The molecule has 7 heteroatoms. The molecule has 1 aliphatic carbocycles. The van der Waals surface area contributed by atoms with Crippen molar-refractivity contribution in [3.05, 3.63) is 24.3 Å².